The molecule has 0 bridgehead atoms. The number of halogens is 1. The fourth-order valence-electron chi connectivity index (χ4n) is 3.93. The van der Waals surface area contributed by atoms with E-state index in [4.69, 9.17) is 9.73 Å². The van der Waals surface area contributed by atoms with Gasteiger partial charge in [-0.3, -0.25) is 0 Å². The third-order valence-corrected chi connectivity index (χ3v) is 5.37. The van der Waals surface area contributed by atoms with Crippen LogP contribution in [0.3, 0.4) is 0 Å². The van der Waals surface area contributed by atoms with Gasteiger partial charge in [-0.05, 0) is 38.5 Å². The molecule has 2 aliphatic heterocycles. The molecule has 2 aliphatic rings. The number of nitrogens with zero attached hydrogens (tertiary/aromatic N) is 2. The summed E-state index contributed by atoms with van der Waals surface area (Å²) in [5.74, 6) is 1.33. The lowest BCUT2D eigenvalue weighted by molar-refractivity contribution is -0.815. The Balaban J connectivity index is 1.89. The van der Waals surface area contributed by atoms with Gasteiger partial charge in [-0.15, -0.1) is 0 Å². The lowest BCUT2D eigenvalue weighted by atomic mass is 9.99. The van der Waals surface area contributed by atoms with Crippen LogP contribution in [0, 0.1) is 5.82 Å². The molecule has 142 valence electrons. The van der Waals surface area contributed by atoms with E-state index in [0.717, 1.165) is 17.3 Å². The SMILES string of the molecule is COC1=CC=CC2=NC(c3cccc(-c4ccccc4)c3F)=C[N+]12C(C)(C)C. The van der Waals surface area contributed by atoms with Crippen molar-refractivity contribution in [1.29, 1.82) is 0 Å². The molecule has 0 radical (unpaired) electrons. The van der Waals surface area contributed by atoms with Gasteiger partial charge in [-0.25, -0.2) is 4.39 Å². The number of fused-ring (bicyclic) bond motifs is 1. The van der Waals surface area contributed by atoms with Crippen LogP contribution in [0.1, 0.15) is 26.3 Å². The Hall–Kier alpha value is -2.98. The zero-order valence-corrected chi connectivity index (χ0v) is 16.6. The number of ether oxygens (including phenoxy) is 1. The van der Waals surface area contributed by atoms with Crippen molar-refractivity contribution in [2.24, 2.45) is 4.99 Å². The molecule has 2 heterocycles. The van der Waals surface area contributed by atoms with Crippen molar-refractivity contribution in [3.63, 3.8) is 0 Å². The number of hydrogen-bond acceptors (Lipinski definition) is 2. The quantitative estimate of drug-likeness (QED) is 0.614. The Labute approximate surface area is 165 Å². The maximum atomic E-state index is 15.5. The molecule has 4 rings (SSSR count). The molecule has 0 saturated carbocycles. The van der Waals surface area contributed by atoms with Gasteiger partial charge in [0, 0.05) is 23.3 Å². The average Bonchev–Trinajstić information content (AvgIpc) is 3.09. The van der Waals surface area contributed by atoms with Crippen LogP contribution >= 0.6 is 0 Å². The topological polar surface area (TPSA) is 21.6 Å². The van der Waals surface area contributed by atoms with Crippen molar-refractivity contribution in [3.8, 4) is 11.1 Å². The largest absolute Gasteiger partial charge is 0.455 e. The van der Waals surface area contributed by atoms with Gasteiger partial charge in [-0.2, -0.15) is 9.48 Å². The summed E-state index contributed by atoms with van der Waals surface area (Å²) in [7, 11) is 1.66. The van der Waals surface area contributed by atoms with Gasteiger partial charge >= 0.3 is 5.88 Å². The Morgan fingerprint density at radius 2 is 1.68 bits per heavy atom. The molecule has 3 nitrogen and oxygen atoms in total. The molecule has 0 fully saturated rings. The van der Waals surface area contributed by atoms with Crippen LogP contribution in [0.25, 0.3) is 16.8 Å². The van der Waals surface area contributed by atoms with E-state index in [1.165, 1.54) is 0 Å². The van der Waals surface area contributed by atoms with Gasteiger partial charge in [0.2, 0.25) is 5.84 Å². The van der Waals surface area contributed by atoms with E-state index >= 15 is 4.39 Å². The molecule has 1 unspecified atom stereocenters. The third-order valence-electron chi connectivity index (χ3n) is 5.37. The minimum absolute atomic E-state index is 0.249. The van der Waals surface area contributed by atoms with Gasteiger partial charge in [0.25, 0.3) is 0 Å². The first-order valence-electron chi connectivity index (χ1n) is 9.36. The Morgan fingerprint density at radius 1 is 0.964 bits per heavy atom. The van der Waals surface area contributed by atoms with E-state index in [1.54, 1.807) is 19.2 Å². The maximum absolute atomic E-state index is 15.5. The Bertz CT molecular complexity index is 1040. The van der Waals surface area contributed by atoms with Gasteiger partial charge in [0.05, 0.1) is 7.11 Å². The second kappa shape index (κ2) is 6.57. The molecular weight excluding hydrogens is 351 g/mol. The molecule has 0 amide bonds. The van der Waals surface area contributed by atoms with E-state index in [0.29, 0.717) is 21.3 Å². The minimum atomic E-state index is -0.261. The molecule has 0 N–H and O–H groups in total. The number of benzene rings is 2. The highest BCUT2D eigenvalue weighted by Gasteiger charge is 2.53. The lowest BCUT2D eigenvalue weighted by Gasteiger charge is -2.42. The van der Waals surface area contributed by atoms with Crippen molar-refractivity contribution in [2.75, 3.05) is 7.11 Å². The maximum Gasteiger partial charge on any atom is 0.302 e. The van der Waals surface area contributed by atoms with E-state index in [-0.39, 0.29) is 11.4 Å². The average molecular weight is 375 g/mol. The normalized spacial score (nSPS) is 21.0. The highest BCUT2D eigenvalue weighted by Crippen LogP contribution is 2.43. The van der Waals surface area contributed by atoms with Crippen molar-refractivity contribution in [1.82, 2.24) is 0 Å². The highest BCUT2D eigenvalue weighted by molar-refractivity contribution is 5.97. The van der Waals surface area contributed by atoms with Crippen LogP contribution in [0.15, 0.2) is 83.8 Å². The number of methoxy groups -OCH3 is 1. The highest BCUT2D eigenvalue weighted by atomic mass is 19.1. The Kier molecular flexibility index (Phi) is 4.31. The third kappa shape index (κ3) is 2.64. The minimum Gasteiger partial charge on any atom is -0.455 e. The molecule has 0 aromatic heterocycles. The fraction of sp³-hybridized carbons (Fsp3) is 0.208. The molecule has 2 aromatic carbocycles. The van der Waals surface area contributed by atoms with Crippen LogP contribution in [0.5, 0.6) is 0 Å². The first kappa shape index (κ1) is 18.4. The summed E-state index contributed by atoms with van der Waals surface area (Å²) in [4.78, 5) is 4.82. The number of hydrogen-bond donors (Lipinski definition) is 0. The van der Waals surface area contributed by atoms with Crippen LogP contribution < -0.4 is 0 Å². The smallest absolute Gasteiger partial charge is 0.302 e. The summed E-state index contributed by atoms with van der Waals surface area (Å²) >= 11 is 0. The summed E-state index contributed by atoms with van der Waals surface area (Å²) in [6.45, 7) is 6.39. The van der Waals surface area contributed by atoms with E-state index in [1.807, 2.05) is 60.8 Å². The fourth-order valence-corrected chi connectivity index (χ4v) is 3.93. The number of rotatable bonds is 3. The molecule has 1 atom stereocenters. The molecular formula is C24H24FN2O+. The van der Waals surface area contributed by atoms with Crippen molar-refractivity contribution < 1.29 is 13.6 Å². The Morgan fingerprint density at radius 3 is 2.36 bits per heavy atom. The first-order chi connectivity index (χ1) is 13.4. The predicted molar refractivity (Wildman–Crippen MR) is 111 cm³/mol. The second-order valence-corrected chi connectivity index (χ2v) is 7.98. The van der Waals surface area contributed by atoms with Crippen molar-refractivity contribution in [2.45, 2.75) is 26.3 Å². The number of aliphatic imine (C=N–C) groups is 1. The number of allylic oxidation sites excluding steroid dienone is 2. The summed E-state index contributed by atoms with van der Waals surface area (Å²) in [5, 5.41) is 0. The van der Waals surface area contributed by atoms with E-state index in [2.05, 4.69) is 20.8 Å². The van der Waals surface area contributed by atoms with Crippen LogP contribution in [-0.4, -0.2) is 23.0 Å². The summed E-state index contributed by atoms with van der Waals surface area (Å²) < 4.78 is 21.5. The van der Waals surface area contributed by atoms with Gasteiger partial charge < -0.3 is 4.74 Å². The van der Waals surface area contributed by atoms with E-state index in [9.17, 15) is 0 Å². The summed E-state index contributed by atoms with van der Waals surface area (Å²) in [6.07, 6.45) is 7.84. The second-order valence-electron chi connectivity index (χ2n) is 7.98. The molecule has 2 aromatic rings. The zero-order valence-electron chi connectivity index (χ0n) is 16.6. The molecule has 28 heavy (non-hydrogen) atoms. The monoisotopic (exact) mass is 375 g/mol. The number of amidine groups is 1. The van der Waals surface area contributed by atoms with Gasteiger partial charge in [0.1, 0.15) is 23.3 Å². The first-order valence-corrected chi connectivity index (χ1v) is 9.36. The molecule has 0 aliphatic carbocycles. The van der Waals surface area contributed by atoms with Gasteiger partial charge in [-0.1, -0.05) is 42.5 Å². The molecule has 0 spiro atoms. The summed E-state index contributed by atoms with van der Waals surface area (Å²) in [5.41, 5.74) is 2.29. The summed E-state index contributed by atoms with van der Waals surface area (Å²) in [6, 6.07) is 15.1. The van der Waals surface area contributed by atoms with Crippen LogP contribution in [0.2, 0.25) is 0 Å². The van der Waals surface area contributed by atoms with Crippen molar-refractivity contribution >= 4 is 11.5 Å². The van der Waals surface area contributed by atoms with E-state index < -0.39 is 0 Å². The lowest BCUT2D eigenvalue weighted by Crippen LogP contribution is -2.58. The molecule has 4 heteroatoms. The van der Waals surface area contributed by atoms with Gasteiger partial charge in [0.15, 0.2) is 0 Å². The zero-order chi connectivity index (χ0) is 19.9. The standard InChI is InChI=1S/C24H24FN2O/c1-24(2,3)27-16-20(26-21(27)14-9-15-22(27)28-4)19-13-8-12-18(23(19)25)17-10-6-5-7-11-17/h5-16H,1-4H3/q+1. The van der Waals surface area contributed by atoms with Crippen LogP contribution in [-0.2, 0) is 4.74 Å². The number of quaternary nitrogens is 1. The van der Waals surface area contributed by atoms with Crippen molar-refractivity contribution in [3.05, 3.63) is 90.2 Å². The molecule has 0 saturated heterocycles. The van der Waals surface area contributed by atoms with Crippen LogP contribution in [0.4, 0.5) is 4.39 Å². The predicted octanol–water partition coefficient (Wildman–Crippen LogP) is 5.88.